The number of hydrogen-bond donors (Lipinski definition) is 3. The number of hydrogen-bond acceptors (Lipinski definition) is 7. The maximum Gasteiger partial charge on any atom is 0.490 e. The lowest BCUT2D eigenvalue weighted by atomic mass is 10.2. The molecule has 1 atom stereocenters. The smallest absolute Gasteiger partial charge is 0.475 e. The number of sulfone groups is 1. The highest BCUT2D eigenvalue weighted by Gasteiger charge is 2.38. The summed E-state index contributed by atoms with van der Waals surface area (Å²) >= 11 is 4.26. The molecule has 0 bridgehead atoms. The minimum atomic E-state index is -5.08. The second-order valence-corrected chi connectivity index (χ2v) is 9.68. The van der Waals surface area contributed by atoms with E-state index in [1.54, 1.807) is 0 Å². The zero-order chi connectivity index (χ0) is 23.4. The van der Waals surface area contributed by atoms with Crippen LogP contribution in [0.25, 0.3) is 0 Å². The third-order valence-electron chi connectivity index (χ3n) is 3.91. The van der Waals surface area contributed by atoms with Crippen LogP contribution in [0.3, 0.4) is 0 Å². The van der Waals surface area contributed by atoms with Crippen LogP contribution < -0.4 is 10.6 Å². The summed E-state index contributed by atoms with van der Waals surface area (Å²) in [5.41, 5.74) is 1.93. The van der Waals surface area contributed by atoms with E-state index < -0.39 is 44.3 Å². The van der Waals surface area contributed by atoms with E-state index in [2.05, 4.69) is 31.5 Å². The van der Waals surface area contributed by atoms with Gasteiger partial charge in [0.1, 0.15) is 10.7 Å². The molecule has 7 nitrogen and oxygen atoms in total. The Morgan fingerprint density at radius 3 is 2.52 bits per heavy atom. The van der Waals surface area contributed by atoms with Crippen molar-refractivity contribution in [2.24, 2.45) is 0 Å². The van der Waals surface area contributed by atoms with Crippen molar-refractivity contribution >= 4 is 48.8 Å². The molecule has 2 aromatic rings. The van der Waals surface area contributed by atoms with Gasteiger partial charge in [0.25, 0.3) is 0 Å². The molecule has 0 aliphatic carbocycles. The van der Waals surface area contributed by atoms with Crippen LogP contribution in [0.2, 0.25) is 0 Å². The number of alkyl halides is 3. The van der Waals surface area contributed by atoms with Crippen LogP contribution in [0, 0.1) is 11.6 Å². The monoisotopic (exact) mass is 551 g/mol. The molecule has 1 aromatic carbocycles. The van der Waals surface area contributed by atoms with Gasteiger partial charge in [0.05, 0.1) is 27.1 Å². The summed E-state index contributed by atoms with van der Waals surface area (Å²) in [4.78, 5) is 11.8. The first kappa shape index (κ1) is 25.4. The fraction of sp³-hybridized carbons (Fsp3) is 0.375. The maximum atomic E-state index is 14.6. The summed E-state index contributed by atoms with van der Waals surface area (Å²) in [5, 5.41) is 14.8. The van der Waals surface area contributed by atoms with Gasteiger partial charge >= 0.3 is 12.1 Å². The number of nitrogens with zero attached hydrogens (tertiary/aromatic N) is 1. The number of halogens is 6. The third kappa shape index (κ3) is 6.82. The van der Waals surface area contributed by atoms with Crippen molar-refractivity contribution in [2.75, 3.05) is 18.4 Å². The van der Waals surface area contributed by atoms with Crippen LogP contribution in [0.15, 0.2) is 26.3 Å². The molecule has 0 unspecified atom stereocenters. The topological polar surface area (TPSA) is 108 Å². The molecule has 0 amide bonds. The predicted octanol–water partition coefficient (Wildman–Crippen LogP) is 3.56. The van der Waals surface area contributed by atoms with E-state index >= 15 is 0 Å². The van der Waals surface area contributed by atoms with Gasteiger partial charge < -0.3 is 15.7 Å². The van der Waals surface area contributed by atoms with Crippen molar-refractivity contribution in [1.29, 1.82) is 0 Å². The van der Waals surface area contributed by atoms with Crippen molar-refractivity contribution < 1.29 is 40.3 Å². The lowest BCUT2D eigenvalue weighted by Crippen LogP contribution is -2.23. The molecule has 15 heteroatoms. The normalized spacial score (nSPS) is 16.5. The summed E-state index contributed by atoms with van der Waals surface area (Å²) in [6.45, 7) is 1.50. The Hall–Kier alpha value is -1.84. The van der Waals surface area contributed by atoms with Crippen molar-refractivity contribution in [3.05, 3.63) is 38.8 Å². The second-order valence-electron chi connectivity index (χ2n) is 6.24. The maximum absolute atomic E-state index is 14.6. The molecule has 0 spiro atoms. The van der Waals surface area contributed by atoms with Crippen molar-refractivity contribution in [3.8, 4) is 0 Å². The van der Waals surface area contributed by atoms with Crippen molar-refractivity contribution in [3.63, 3.8) is 0 Å². The number of nitrogens with one attached hydrogen (secondary N) is 2. The lowest BCUT2D eigenvalue weighted by molar-refractivity contribution is -0.192. The number of rotatable bonds is 5. The number of carboxylic acid groups (broad SMARTS) is 1. The first-order valence-electron chi connectivity index (χ1n) is 8.37. The average molecular weight is 552 g/mol. The summed E-state index contributed by atoms with van der Waals surface area (Å²) < 4.78 is 85.4. The second kappa shape index (κ2) is 10.2. The zero-order valence-electron chi connectivity index (χ0n) is 15.3. The Morgan fingerprint density at radius 2 is 2.03 bits per heavy atom. The largest absolute Gasteiger partial charge is 0.490 e. The van der Waals surface area contributed by atoms with Gasteiger partial charge in [-0.1, -0.05) is 0 Å². The zero-order valence-corrected chi connectivity index (χ0v) is 18.6. The molecule has 2 heterocycles. The molecule has 3 N–H and O–H groups in total. The van der Waals surface area contributed by atoms with Crippen LogP contribution in [-0.2, 0) is 20.4 Å². The minimum absolute atomic E-state index is 0.0394. The van der Waals surface area contributed by atoms with Crippen molar-refractivity contribution in [2.45, 2.75) is 29.3 Å². The highest BCUT2D eigenvalue weighted by molar-refractivity contribution is 9.10. The molecule has 1 aliphatic rings. The van der Waals surface area contributed by atoms with Gasteiger partial charge in [0.2, 0.25) is 0 Å². The van der Waals surface area contributed by atoms with E-state index in [0.717, 1.165) is 19.0 Å². The quantitative estimate of drug-likeness (QED) is 0.385. The van der Waals surface area contributed by atoms with E-state index in [1.807, 2.05) is 0 Å². The van der Waals surface area contributed by atoms with Gasteiger partial charge in [0.15, 0.2) is 15.7 Å². The van der Waals surface area contributed by atoms with Gasteiger partial charge in [-0.2, -0.15) is 13.2 Å². The van der Waals surface area contributed by atoms with Crippen LogP contribution >= 0.6 is 27.3 Å². The van der Waals surface area contributed by atoms with E-state index in [0.29, 0.717) is 6.54 Å². The fourth-order valence-corrected chi connectivity index (χ4v) is 5.19. The molecule has 1 saturated heterocycles. The number of carbonyl (C=O) groups is 1. The molecule has 1 aliphatic heterocycles. The Kier molecular flexibility index (Phi) is 8.35. The number of carboxylic acids is 1. The minimum Gasteiger partial charge on any atom is -0.475 e. The first-order valence-corrected chi connectivity index (χ1v) is 11.8. The van der Waals surface area contributed by atoms with Gasteiger partial charge in [-0.25, -0.2) is 27.0 Å². The SMILES string of the molecule is O=C(O)C(F)(F)F.O=S(=O)(Cc1cscn1)c1c(F)cc(N[C@H]2CCNC2)c(Br)c1F. The standard InChI is InChI=1S/C14H14BrF2N3O2S2.C2HF3O2/c15-12-11(20-8-1-2-18-4-8)3-10(16)14(13(12)17)24(21,22)6-9-5-23-7-19-9;3-2(4,5)1(6)7/h3,5,7-8,18,20H,1-2,4,6H2;(H,6,7)/t8-;/m0./s1. The molecular formula is C16H15BrF5N3O4S2. The molecule has 31 heavy (non-hydrogen) atoms. The van der Waals surface area contributed by atoms with E-state index in [4.69, 9.17) is 9.90 Å². The molecular weight excluding hydrogens is 537 g/mol. The number of aliphatic carboxylic acids is 1. The van der Waals surface area contributed by atoms with Gasteiger partial charge in [0, 0.05) is 18.0 Å². The van der Waals surface area contributed by atoms with Crippen LogP contribution in [-0.4, -0.2) is 49.8 Å². The highest BCUT2D eigenvalue weighted by atomic mass is 79.9. The summed E-state index contributed by atoms with van der Waals surface area (Å²) in [6.07, 6.45) is -4.26. The summed E-state index contributed by atoms with van der Waals surface area (Å²) in [6, 6.07) is 1.05. The van der Waals surface area contributed by atoms with E-state index in [9.17, 15) is 30.4 Å². The first-order chi connectivity index (χ1) is 14.3. The Labute approximate surface area is 185 Å². The van der Waals surface area contributed by atoms with Crippen LogP contribution in [0.1, 0.15) is 12.1 Å². The molecule has 0 radical (unpaired) electrons. The van der Waals surface area contributed by atoms with Gasteiger partial charge in [-0.3, -0.25) is 0 Å². The molecule has 1 fully saturated rings. The summed E-state index contributed by atoms with van der Waals surface area (Å²) in [5.74, 6) is -5.54. The van der Waals surface area contributed by atoms with Crippen LogP contribution in [0.4, 0.5) is 27.6 Å². The van der Waals surface area contributed by atoms with Crippen molar-refractivity contribution in [1.82, 2.24) is 10.3 Å². The Bertz CT molecular complexity index is 1030. The van der Waals surface area contributed by atoms with Crippen LogP contribution in [0.5, 0.6) is 0 Å². The number of aromatic nitrogens is 1. The third-order valence-corrected chi connectivity index (χ3v) is 6.99. The number of thiazole rings is 1. The molecule has 3 rings (SSSR count). The average Bonchev–Trinajstić information content (AvgIpc) is 3.32. The van der Waals surface area contributed by atoms with Gasteiger partial charge in [-0.05, 0) is 35.0 Å². The van der Waals surface area contributed by atoms with E-state index in [-0.39, 0.29) is 21.9 Å². The number of benzene rings is 1. The Balaban J connectivity index is 0.000000423. The predicted molar refractivity (Wildman–Crippen MR) is 106 cm³/mol. The summed E-state index contributed by atoms with van der Waals surface area (Å²) in [7, 11) is -4.19. The molecule has 1 aromatic heterocycles. The highest BCUT2D eigenvalue weighted by Crippen LogP contribution is 2.34. The Morgan fingerprint density at radius 1 is 1.39 bits per heavy atom. The van der Waals surface area contributed by atoms with E-state index in [1.165, 1.54) is 22.2 Å². The number of anilines is 1. The molecule has 172 valence electrons. The van der Waals surface area contributed by atoms with Gasteiger partial charge in [-0.15, -0.1) is 11.3 Å². The fourth-order valence-electron chi connectivity index (χ4n) is 2.54. The molecule has 0 saturated carbocycles. The lowest BCUT2D eigenvalue weighted by Gasteiger charge is -2.17.